The minimum absolute atomic E-state index is 0.0318. The zero-order valence-electron chi connectivity index (χ0n) is 62.6. The Hall–Kier alpha value is -3.84. The molecule has 10 saturated carbocycles. The molecule has 9 N–H and O–H groups in total. The molecule has 0 saturated heterocycles. The van der Waals surface area contributed by atoms with Gasteiger partial charge in [-0.3, -0.25) is 29.8 Å². The maximum absolute atomic E-state index is 12.1. The highest BCUT2D eigenvalue weighted by Crippen LogP contribution is 2.75. The highest BCUT2D eigenvalue weighted by atomic mass is 16.6. The highest BCUT2D eigenvalue weighted by molar-refractivity contribution is 5.69. The van der Waals surface area contributed by atoms with Crippen LogP contribution in [0.15, 0.2) is 0 Å². The van der Waals surface area contributed by atoms with E-state index in [1.165, 1.54) is 77.0 Å². The van der Waals surface area contributed by atoms with Crippen molar-refractivity contribution >= 4 is 49.0 Å². The van der Waals surface area contributed by atoms with E-state index in [0.29, 0.717) is 83.5 Å². The van der Waals surface area contributed by atoms with E-state index in [2.05, 4.69) is 77.0 Å². The first-order valence-corrected chi connectivity index (χ1v) is 39.4. The molecule has 10 fully saturated rings. The van der Waals surface area contributed by atoms with Crippen molar-refractivity contribution in [3.63, 3.8) is 0 Å². The van der Waals surface area contributed by atoms with Gasteiger partial charge in [-0.15, -0.1) is 0 Å². The molecular formula is C79H130N4O18. The van der Waals surface area contributed by atoms with Gasteiger partial charge in [-0.2, -0.15) is 11.0 Å². The summed E-state index contributed by atoms with van der Waals surface area (Å²) in [5.41, 5.74) is 5.93. The largest absolute Gasteiger partial charge is 0.481 e. The molecule has 0 aromatic heterocycles. The number of aldehydes is 4. The number of aliphatic carboxylic acids is 4. The number of methoxy groups -OCH3 is 1. The molecule has 0 heterocycles. The van der Waals surface area contributed by atoms with E-state index in [4.69, 9.17) is 44.3 Å². The average molecular weight is 1420 g/mol. The molecule has 0 spiro atoms. The van der Waals surface area contributed by atoms with Gasteiger partial charge in [0, 0.05) is 32.8 Å². The first kappa shape index (κ1) is 81.2. The molecule has 0 radical (unpaired) electrons. The van der Waals surface area contributed by atoms with E-state index < -0.39 is 53.6 Å². The Morgan fingerprint density at radius 3 is 1.27 bits per heavy atom. The minimum atomic E-state index is -0.940. The van der Waals surface area contributed by atoms with Gasteiger partial charge >= 0.3 is 23.9 Å². The van der Waals surface area contributed by atoms with Gasteiger partial charge in [0.05, 0.1) is 74.3 Å². The lowest BCUT2D eigenvalue weighted by Gasteiger charge is -2.61. The predicted octanol–water partition coefficient (Wildman–Crippen LogP) is 11.4. The fraction of sp³-hybridized carbons (Fsp3) is 0.899. The maximum atomic E-state index is 12.1. The topological polar surface area (TPSA) is 332 Å². The van der Waals surface area contributed by atoms with E-state index in [9.17, 15) is 43.5 Å². The quantitative estimate of drug-likeness (QED) is 0.0157. The number of nitrogens with one attached hydrogen (secondary N) is 4. The van der Waals surface area contributed by atoms with Crippen molar-refractivity contribution in [1.82, 2.24) is 21.6 Å². The number of aliphatic hydroxyl groups is 1. The molecule has 0 amide bonds. The molecular weight excluding hydrogens is 1290 g/mol. The van der Waals surface area contributed by atoms with E-state index >= 15 is 0 Å². The Morgan fingerprint density at radius 1 is 0.475 bits per heavy atom. The molecule has 20 unspecified atom stereocenters. The second-order valence-electron chi connectivity index (χ2n) is 35.5. The first-order valence-electron chi connectivity index (χ1n) is 39.4. The van der Waals surface area contributed by atoms with Gasteiger partial charge in [-0.1, -0.05) is 55.4 Å². The number of ether oxygens (including phenoxy) is 3. The number of hydroxylamine groups is 2. The molecule has 28 atom stereocenters. The van der Waals surface area contributed by atoms with Crippen LogP contribution in [0.1, 0.15) is 248 Å². The van der Waals surface area contributed by atoms with E-state index in [1.54, 1.807) is 0 Å². The smallest absolute Gasteiger partial charge is 0.303 e. The lowest BCUT2D eigenvalue weighted by molar-refractivity contribution is -0.144. The lowest BCUT2D eigenvalue weighted by Crippen LogP contribution is -2.55. The van der Waals surface area contributed by atoms with Gasteiger partial charge in [-0.25, -0.2) is 0 Å². The number of carboxylic acid groups (broad SMARTS) is 4. The van der Waals surface area contributed by atoms with Crippen LogP contribution in [0.4, 0.5) is 0 Å². The minimum Gasteiger partial charge on any atom is -0.481 e. The van der Waals surface area contributed by atoms with Crippen LogP contribution in [-0.2, 0) is 62.2 Å². The summed E-state index contributed by atoms with van der Waals surface area (Å²) >= 11 is 0. The molecule has 0 bridgehead atoms. The molecule has 22 heteroatoms. The van der Waals surface area contributed by atoms with Crippen LogP contribution in [0, 0.1) is 116 Å². The van der Waals surface area contributed by atoms with Crippen molar-refractivity contribution in [1.29, 1.82) is 0 Å². The molecule has 101 heavy (non-hydrogen) atoms. The van der Waals surface area contributed by atoms with Crippen LogP contribution in [0.25, 0.3) is 0 Å². The summed E-state index contributed by atoms with van der Waals surface area (Å²) in [7, 11) is 1.91. The molecule has 10 aliphatic carbocycles. The number of hydrogen-bond donors (Lipinski definition) is 9. The van der Waals surface area contributed by atoms with Crippen molar-refractivity contribution in [2.24, 2.45) is 116 Å². The van der Waals surface area contributed by atoms with Crippen molar-refractivity contribution in [3.8, 4) is 0 Å². The molecule has 10 rings (SSSR count). The van der Waals surface area contributed by atoms with Gasteiger partial charge in [0.25, 0.3) is 0 Å². The molecule has 0 aromatic carbocycles. The normalized spacial score (nSPS) is 40.5. The van der Waals surface area contributed by atoms with Crippen LogP contribution in [0.2, 0.25) is 0 Å². The number of hydrogen-bond acceptors (Lipinski definition) is 18. The standard InChI is InChI=1S/C40H66N2O9.C39H64N2O9/c1-25(23-51-42-30(22-44)8-11-36(47)48)12-17-40(49-5)20-27-18-34-32-9-6-28-19-31(50-24-41-29(21-43)7-10-35(45)46)13-15-38(28,3)33(32)14-16-39(34,4)37(27)26(40)2;1-24(22-50-41-29(21-43)7-10-35(46)47)11-16-39(48)19-26-17-33-31-8-5-27-18-30(49-23-40-28(20-42)6-9-34(44)45)12-14-37(27,3)32(31)13-15-38(33,4)36(26)25(39)2/h21-22,25-34,37,41-42H,6-20,23-24H2,1-5H3,(H,45,46)(H,47,48);20-21,24-33,36,40-41,48H,5-19,22-23H2,1-4H3,(H,44,45)(H,46,47)/t25?,26-,27?,28?,29+,30+,31?,32?,33?,34?,37?,38?,39?,40+;24?,25-,26?,27?,28+,29+,30?,31?,32?,33?,36?,37?,38?,39+/m00/s1. The number of rotatable bonds is 39. The summed E-state index contributed by atoms with van der Waals surface area (Å²) in [6.07, 6.45) is 28.9. The van der Waals surface area contributed by atoms with Crippen molar-refractivity contribution in [2.45, 2.75) is 296 Å². The summed E-state index contributed by atoms with van der Waals surface area (Å²) < 4.78 is 19.0. The lowest BCUT2D eigenvalue weighted by atomic mass is 9.44. The Balaban J connectivity index is 0.000000235. The highest BCUT2D eigenvalue weighted by Gasteiger charge is 2.69. The first-order chi connectivity index (χ1) is 48.0. The van der Waals surface area contributed by atoms with Gasteiger partial charge in [-0.05, 0) is 283 Å². The second-order valence-corrected chi connectivity index (χ2v) is 35.5. The van der Waals surface area contributed by atoms with Gasteiger partial charge in [0.15, 0.2) is 0 Å². The molecule has 0 aliphatic heterocycles. The Bertz CT molecular complexity index is 2780. The van der Waals surface area contributed by atoms with E-state index in [1.807, 2.05) is 7.11 Å². The number of carbonyl (C=O) groups is 8. The maximum Gasteiger partial charge on any atom is 0.303 e. The summed E-state index contributed by atoms with van der Waals surface area (Å²) in [6, 6.07) is -2.24. The van der Waals surface area contributed by atoms with Gasteiger partial charge in [0.1, 0.15) is 25.1 Å². The molecule has 22 nitrogen and oxygen atoms in total. The number of fused-ring (bicyclic) bond motifs is 14. The summed E-state index contributed by atoms with van der Waals surface area (Å²) in [5.74, 6) is 5.84. The third kappa shape index (κ3) is 18.4. The average Bonchev–Trinajstić information content (AvgIpc) is 1.55. The summed E-state index contributed by atoms with van der Waals surface area (Å²) in [6.45, 7) is 20.8. The Kier molecular flexibility index (Phi) is 28.4. The monoisotopic (exact) mass is 1420 g/mol. The van der Waals surface area contributed by atoms with Gasteiger partial charge in [0.2, 0.25) is 0 Å². The van der Waals surface area contributed by atoms with E-state index in [0.717, 1.165) is 112 Å². The molecule has 10 aliphatic rings. The van der Waals surface area contributed by atoms with Crippen LogP contribution >= 0.6 is 0 Å². The number of carboxylic acids is 4. The fourth-order valence-electron chi connectivity index (χ4n) is 24.7. The van der Waals surface area contributed by atoms with Crippen LogP contribution < -0.4 is 21.6 Å². The predicted molar refractivity (Wildman–Crippen MR) is 378 cm³/mol. The van der Waals surface area contributed by atoms with Crippen LogP contribution in [0.5, 0.6) is 0 Å². The Morgan fingerprint density at radius 2 is 0.861 bits per heavy atom. The SMILES string of the molecule is CC(CC[C@@]1(O)CC2CC3C4CCC5CC(OCN[C@@H](C=O)CCC(=O)O)CCC5(C)C4CCC3(C)C2[C@@H]1C)CON[C@@H](C=O)CCC(=O)O.CO[C@]1(CCC(C)CON[C@@H](C=O)CCC(=O)O)CC2CC3C4CCC5CC(OCN[C@@H](C=O)CCC(=O)O)CCC5(C)C4CCC3(C)C2[C@@H]1C. The van der Waals surface area contributed by atoms with Gasteiger partial charge < -0.3 is 68.6 Å². The van der Waals surface area contributed by atoms with Crippen molar-refractivity contribution in [2.75, 3.05) is 33.8 Å². The van der Waals surface area contributed by atoms with E-state index in [-0.39, 0.29) is 106 Å². The Labute approximate surface area is 601 Å². The van der Waals surface area contributed by atoms with Crippen molar-refractivity contribution < 1.29 is 87.8 Å². The molecule has 0 aromatic rings. The summed E-state index contributed by atoms with van der Waals surface area (Å²) in [5, 5.41) is 53.9. The van der Waals surface area contributed by atoms with Crippen LogP contribution in [0.3, 0.4) is 0 Å². The zero-order valence-corrected chi connectivity index (χ0v) is 62.6. The molecule has 574 valence electrons. The second kappa shape index (κ2) is 35.3. The van der Waals surface area contributed by atoms with Crippen LogP contribution in [-0.4, -0.2) is 156 Å². The zero-order chi connectivity index (χ0) is 73.2. The third-order valence-electron chi connectivity index (χ3n) is 30.1. The number of carbonyl (C=O) groups excluding carboxylic acids is 4. The summed E-state index contributed by atoms with van der Waals surface area (Å²) in [4.78, 5) is 100.0. The van der Waals surface area contributed by atoms with Crippen molar-refractivity contribution in [3.05, 3.63) is 0 Å². The fourth-order valence-corrected chi connectivity index (χ4v) is 24.7. The third-order valence-corrected chi connectivity index (χ3v) is 30.1.